The average molecular weight is 411 g/mol. The molecule has 142 valence electrons. The lowest BCUT2D eigenvalue weighted by Crippen LogP contribution is -2.56. The second-order valence-electron chi connectivity index (χ2n) is 6.03. The molecule has 5 nitrogen and oxygen atoms in total. The van der Waals surface area contributed by atoms with E-state index in [9.17, 15) is 4.79 Å². The first-order chi connectivity index (χ1) is 11.2. The van der Waals surface area contributed by atoms with Crippen LogP contribution in [0, 0.1) is 0 Å². The molecule has 25 heavy (non-hydrogen) atoms. The maximum atomic E-state index is 13.0. The largest absolute Gasteiger partial charge is 0.366 e. The Morgan fingerprint density at radius 2 is 2.08 bits per heavy atom. The molecule has 2 heterocycles. The van der Waals surface area contributed by atoms with Crippen LogP contribution in [0.3, 0.4) is 0 Å². The number of carbonyl (C=O) groups is 1. The van der Waals surface area contributed by atoms with Gasteiger partial charge in [-0.3, -0.25) is 9.69 Å². The summed E-state index contributed by atoms with van der Waals surface area (Å²) >= 11 is 6.35. The van der Waals surface area contributed by atoms with Gasteiger partial charge in [0.25, 0.3) is 5.91 Å². The normalized spacial score (nSPS) is 24.2. The van der Waals surface area contributed by atoms with Crippen LogP contribution in [-0.4, -0.2) is 67.7 Å². The number of nitrogens with zero attached hydrogens (tertiary/aromatic N) is 2. The molecule has 0 spiro atoms. The summed E-state index contributed by atoms with van der Waals surface area (Å²) in [6, 6.07) is 7.72. The summed E-state index contributed by atoms with van der Waals surface area (Å²) in [5, 5.41) is 4.07. The Morgan fingerprint density at radius 3 is 2.80 bits per heavy atom. The van der Waals surface area contributed by atoms with Crippen LogP contribution in [-0.2, 0) is 9.53 Å². The van der Waals surface area contributed by atoms with E-state index in [0.29, 0.717) is 24.7 Å². The van der Waals surface area contributed by atoms with Gasteiger partial charge in [-0.2, -0.15) is 0 Å². The Hall–Kier alpha value is -0.560. The van der Waals surface area contributed by atoms with Crippen molar-refractivity contribution >= 4 is 42.3 Å². The van der Waals surface area contributed by atoms with Crippen LogP contribution >= 0.6 is 36.4 Å². The zero-order valence-corrected chi connectivity index (χ0v) is 16.7. The highest BCUT2D eigenvalue weighted by Gasteiger charge is 2.35. The number of ether oxygens (including phenoxy) is 1. The Labute approximate surface area is 166 Å². The zero-order chi connectivity index (χ0) is 16.2. The highest BCUT2D eigenvalue weighted by Crippen LogP contribution is 2.29. The number of hydrogen-bond donors (Lipinski definition) is 1. The van der Waals surface area contributed by atoms with Gasteiger partial charge in [-0.05, 0) is 18.2 Å². The zero-order valence-electron chi connectivity index (χ0n) is 14.3. The molecule has 2 aliphatic rings. The van der Waals surface area contributed by atoms with E-state index in [1.165, 1.54) is 0 Å². The van der Waals surface area contributed by atoms with Crippen LogP contribution in [0.15, 0.2) is 24.3 Å². The summed E-state index contributed by atoms with van der Waals surface area (Å²) in [6.07, 6.45) is -0.369. The number of likely N-dealkylation sites (N-methyl/N-ethyl adjacent to an activating group) is 1. The lowest BCUT2D eigenvalue weighted by molar-refractivity contribution is -0.152. The Balaban J connectivity index is 0.00000156. The molecule has 0 aliphatic carbocycles. The van der Waals surface area contributed by atoms with Gasteiger partial charge in [-0.1, -0.05) is 36.7 Å². The first kappa shape index (κ1) is 22.5. The number of carbonyl (C=O) groups excluding carboxylic acids is 1. The minimum atomic E-state index is -0.369. The summed E-state index contributed by atoms with van der Waals surface area (Å²) in [5.41, 5.74) is 0.998. The molecule has 1 amide bonds. The summed E-state index contributed by atoms with van der Waals surface area (Å²) in [4.78, 5) is 17.2. The maximum Gasteiger partial charge on any atom is 0.253 e. The molecular weight excluding hydrogens is 385 g/mol. The third-order valence-electron chi connectivity index (χ3n) is 4.66. The minimum Gasteiger partial charge on any atom is -0.366 e. The molecule has 2 saturated heterocycles. The van der Waals surface area contributed by atoms with Crippen molar-refractivity contribution in [1.29, 1.82) is 0 Å². The molecule has 0 bridgehead atoms. The van der Waals surface area contributed by atoms with Crippen molar-refractivity contribution in [3.8, 4) is 0 Å². The standard InChI is InChI=1S/C17H24ClN3O2.2ClH/c1-2-20-9-10-23-16(12-20)17(22)21-8-7-19-11-15(21)13-5-3-4-6-14(13)18;;/h3-6,15-16,19H,2,7-12H2,1H3;2*1H. The smallest absolute Gasteiger partial charge is 0.253 e. The highest BCUT2D eigenvalue weighted by atomic mass is 35.5. The Morgan fingerprint density at radius 1 is 1.32 bits per heavy atom. The lowest BCUT2D eigenvalue weighted by Gasteiger charge is -2.40. The van der Waals surface area contributed by atoms with E-state index in [-0.39, 0.29) is 42.9 Å². The third-order valence-corrected chi connectivity index (χ3v) is 5.01. The summed E-state index contributed by atoms with van der Waals surface area (Å²) in [5.74, 6) is 0.0783. The number of halogens is 3. The predicted molar refractivity (Wildman–Crippen MR) is 105 cm³/mol. The second-order valence-corrected chi connectivity index (χ2v) is 6.43. The predicted octanol–water partition coefficient (Wildman–Crippen LogP) is 2.38. The van der Waals surface area contributed by atoms with Gasteiger partial charge in [0.05, 0.1) is 12.6 Å². The van der Waals surface area contributed by atoms with Crippen molar-refractivity contribution in [1.82, 2.24) is 15.1 Å². The van der Waals surface area contributed by atoms with E-state index in [1.54, 1.807) is 0 Å². The maximum absolute atomic E-state index is 13.0. The molecule has 3 rings (SSSR count). The second kappa shape index (κ2) is 10.6. The van der Waals surface area contributed by atoms with Crippen LogP contribution in [0.1, 0.15) is 18.5 Å². The molecule has 8 heteroatoms. The van der Waals surface area contributed by atoms with Crippen LogP contribution in [0.4, 0.5) is 0 Å². The van der Waals surface area contributed by atoms with E-state index < -0.39 is 0 Å². The van der Waals surface area contributed by atoms with E-state index in [4.69, 9.17) is 16.3 Å². The molecule has 1 aromatic rings. The van der Waals surface area contributed by atoms with Crippen molar-refractivity contribution in [3.05, 3.63) is 34.9 Å². The van der Waals surface area contributed by atoms with Crippen LogP contribution in [0.2, 0.25) is 5.02 Å². The fourth-order valence-electron chi connectivity index (χ4n) is 3.32. The van der Waals surface area contributed by atoms with Crippen molar-refractivity contribution < 1.29 is 9.53 Å². The van der Waals surface area contributed by atoms with E-state index in [1.807, 2.05) is 29.2 Å². The lowest BCUT2D eigenvalue weighted by atomic mass is 10.0. The molecule has 2 unspecified atom stereocenters. The van der Waals surface area contributed by atoms with Gasteiger partial charge in [0, 0.05) is 37.7 Å². The number of nitrogens with one attached hydrogen (secondary N) is 1. The summed E-state index contributed by atoms with van der Waals surface area (Å²) in [7, 11) is 0. The van der Waals surface area contributed by atoms with Gasteiger partial charge in [-0.15, -0.1) is 24.8 Å². The first-order valence-electron chi connectivity index (χ1n) is 8.30. The molecule has 0 aromatic heterocycles. The molecule has 0 radical (unpaired) electrons. The van der Waals surface area contributed by atoms with Crippen molar-refractivity contribution in [3.63, 3.8) is 0 Å². The van der Waals surface area contributed by atoms with Gasteiger partial charge in [0.15, 0.2) is 0 Å². The van der Waals surface area contributed by atoms with Gasteiger partial charge < -0.3 is 15.0 Å². The van der Waals surface area contributed by atoms with E-state index in [0.717, 1.165) is 31.7 Å². The van der Waals surface area contributed by atoms with Gasteiger partial charge >= 0.3 is 0 Å². The van der Waals surface area contributed by atoms with Crippen molar-refractivity contribution in [2.24, 2.45) is 0 Å². The first-order valence-corrected chi connectivity index (χ1v) is 8.68. The molecule has 2 atom stereocenters. The SMILES string of the molecule is CCN1CCOC(C(=O)N2CCNCC2c2ccccc2Cl)C1.Cl.Cl. The quantitative estimate of drug-likeness (QED) is 0.831. The van der Waals surface area contributed by atoms with Gasteiger partial charge in [0.2, 0.25) is 0 Å². The Bertz CT molecular complexity index is 562. The summed E-state index contributed by atoms with van der Waals surface area (Å²) < 4.78 is 5.75. The van der Waals surface area contributed by atoms with Gasteiger partial charge in [-0.25, -0.2) is 0 Å². The molecule has 2 aliphatic heterocycles. The van der Waals surface area contributed by atoms with Crippen LogP contribution in [0.5, 0.6) is 0 Å². The number of piperazine rings is 1. The molecular formula is C17H26Cl3N3O2. The topological polar surface area (TPSA) is 44.8 Å². The van der Waals surface area contributed by atoms with E-state index in [2.05, 4.69) is 17.1 Å². The van der Waals surface area contributed by atoms with Crippen LogP contribution < -0.4 is 5.32 Å². The fraction of sp³-hybridized carbons (Fsp3) is 0.588. The average Bonchev–Trinajstić information content (AvgIpc) is 2.61. The summed E-state index contributed by atoms with van der Waals surface area (Å²) in [6.45, 7) is 7.46. The van der Waals surface area contributed by atoms with E-state index >= 15 is 0 Å². The highest BCUT2D eigenvalue weighted by molar-refractivity contribution is 6.31. The van der Waals surface area contributed by atoms with Crippen molar-refractivity contribution in [2.45, 2.75) is 19.1 Å². The van der Waals surface area contributed by atoms with Gasteiger partial charge in [0.1, 0.15) is 6.10 Å². The number of morpholine rings is 1. The molecule has 1 N–H and O–H groups in total. The number of amides is 1. The molecule has 2 fully saturated rings. The molecule has 1 aromatic carbocycles. The number of hydrogen-bond acceptors (Lipinski definition) is 4. The van der Waals surface area contributed by atoms with Crippen LogP contribution in [0.25, 0.3) is 0 Å². The number of rotatable bonds is 3. The Kier molecular flexibility index (Phi) is 9.49. The molecule has 0 saturated carbocycles. The third kappa shape index (κ3) is 5.22. The minimum absolute atomic E-state index is 0. The monoisotopic (exact) mass is 409 g/mol. The number of benzene rings is 1. The van der Waals surface area contributed by atoms with Crippen molar-refractivity contribution in [2.75, 3.05) is 45.9 Å². The fourth-order valence-corrected chi connectivity index (χ4v) is 3.58.